The van der Waals surface area contributed by atoms with Crippen molar-refractivity contribution in [1.29, 1.82) is 0 Å². The number of anilines is 6. The Kier molecular flexibility index (Phi) is 17.1. The van der Waals surface area contributed by atoms with Gasteiger partial charge in [0.15, 0.2) is 0 Å². The number of hydrogen-bond acceptors (Lipinski definition) is 4. The van der Waals surface area contributed by atoms with Gasteiger partial charge in [-0.1, -0.05) is 358 Å². The minimum Gasteiger partial charge on any atom is -0.310 e. The van der Waals surface area contributed by atoms with Crippen molar-refractivity contribution in [1.82, 2.24) is 0 Å². The molecule has 114 heavy (non-hydrogen) atoms. The van der Waals surface area contributed by atoms with Crippen molar-refractivity contribution in [3.8, 4) is 66.8 Å². The average Bonchev–Trinajstić information content (AvgIpc) is 1.53. The molecule has 0 spiro atoms. The summed E-state index contributed by atoms with van der Waals surface area (Å²) in [5.74, 6) is 0. The molecule has 2 aromatic heterocycles. The van der Waals surface area contributed by atoms with Crippen LogP contribution in [0.25, 0.3) is 107 Å². The van der Waals surface area contributed by atoms with Gasteiger partial charge in [0.05, 0.1) is 10.8 Å². The molecule has 0 saturated carbocycles. The van der Waals surface area contributed by atoms with Crippen molar-refractivity contribution < 1.29 is 0 Å². The van der Waals surface area contributed by atoms with E-state index in [0.717, 1.165) is 34.1 Å². The number of thiophene rings is 2. The Balaban J connectivity index is 0.000000143. The largest absolute Gasteiger partial charge is 0.310 e. The Bertz CT molecular complexity index is 6860. The molecule has 4 heteroatoms. The molecular formula is C110H74N2S2. The molecule has 0 N–H and O–H groups in total. The van der Waals surface area contributed by atoms with Gasteiger partial charge in [0.2, 0.25) is 0 Å². The van der Waals surface area contributed by atoms with Gasteiger partial charge in [0.1, 0.15) is 0 Å². The maximum atomic E-state index is 2.43. The van der Waals surface area contributed by atoms with Gasteiger partial charge < -0.3 is 9.80 Å². The fraction of sp³-hybridized carbons (Fsp3) is 0.0182. The first-order chi connectivity index (χ1) is 56.6. The fourth-order valence-corrected chi connectivity index (χ4v) is 21.1. The minimum absolute atomic E-state index is 0.457. The zero-order chi connectivity index (χ0) is 75.5. The molecule has 0 amide bonds. The second-order valence-corrected chi connectivity index (χ2v) is 31.7. The molecule has 2 heterocycles. The Morgan fingerprint density at radius 2 is 0.500 bits per heavy atom. The third kappa shape index (κ3) is 11.4. The lowest BCUT2D eigenvalue weighted by Gasteiger charge is -2.34. The number of fused-ring (bicyclic) bond motifs is 12. The maximum Gasteiger partial charge on any atom is 0.0727 e. The molecule has 0 saturated heterocycles. The molecule has 20 aromatic rings. The highest BCUT2D eigenvalue weighted by Crippen LogP contribution is 2.61. The Morgan fingerprint density at radius 1 is 0.175 bits per heavy atom. The summed E-state index contributed by atoms with van der Waals surface area (Å²) >= 11 is 3.82. The van der Waals surface area contributed by atoms with Gasteiger partial charge in [0, 0.05) is 74.5 Å². The van der Waals surface area contributed by atoms with Crippen LogP contribution in [0.1, 0.15) is 44.5 Å². The molecule has 2 nitrogen and oxygen atoms in total. The Morgan fingerprint density at radius 3 is 1.00 bits per heavy atom. The van der Waals surface area contributed by atoms with Crippen LogP contribution < -0.4 is 9.80 Å². The SMILES string of the molecule is c1ccc(-c2ccc(N(c3ccccc3)c3cccc(-c4ccc5sc6cccc(C7(c8ccccc8)c8ccccc8-c8ccccc87)c6c5c4)c3)cc2)cc1.c1ccc(-c2ccc(N(c3ccccc3)c3cccc(-c4cccc5c4sc4c(C6(c7ccccc7)c7ccccc7-c7ccccc76)cccc45)c3)cc2)cc1. The first-order valence-corrected chi connectivity index (χ1v) is 40.8. The summed E-state index contributed by atoms with van der Waals surface area (Å²) < 4.78 is 5.23. The van der Waals surface area contributed by atoms with Crippen LogP contribution in [-0.2, 0) is 10.8 Å². The first kappa shape index (κ1) is 68.1. The minimum atomic E-state index is -0.468. The summed E-state index contributed by atoms with van der Waals surface area (Å²) in [5, 5.41) is 5.21. The summed E-state index contributed by atoms with van der Waals surface area (Å²) in [5.41, 5.74) is 31.3. The smallest absolute Gasteiger partial charge is 0.0727 e. The molecular weight excluding hydrogens is 1410 g/mol. The van der Waals surface area contributed by atoms with Crippen molar-refractivity contribution in [2.75, 3.05) is 9.80 Å². The second kappa shape index (κ2) is 28.7. The quantitative estimate of drug-likeness (QED) is 0.107. The van der Waals surface area contributed by atoms with E-state index >= 15 is 0 Å². The molecule has 0 atom stereocenters. The van der Waals surface area contributed by atoms with E-state index in [9.17, 15) is 0 Å². The van der Waals surface area contributed by atoms with Crippen molar-refractivity contribution in [3.63, 3.8) is 0 Å². The molecule has 0 unspecified atom stereocenters. The second-order valence-electron chi connectivity index (χ2n) is 29.6. The van der Waals surface area contributed by atoms with Crippen molar-refractivity contribution in [2.45, 2.75) is 10.8 Å². The van der Waals surface area contributed by atoms with E-state index in [0.29, 0.717) is 0 Å². The topological polar surface area (TPSA) is 6.48 Å². The molecule has 2 aliphatic carbocycles. The molecule has 0 radical (unpaired) electrons. The van der Waals surface area contributed by atoms with Gasteiger partial charge in [-0.15, -0.1) is 22.7 Å². The Labute approximate surface area is 673 Å². The molecule has 0 aliphatic heterocycles. The summed E-state index contributed by atoms with van der Waals surface area (Å²) in [6.07, 6.45) is 0. The Hall–Kier alpha value is -14.0. The van der Waals surface area contributed by atoms with E-state index in [4.69, 9.17) is 0 Å². The molecule has 18 aromatic carbocycles. The van der Waals surface area contributed by atoms with E-state index in [1.807, 2.05) is 22.7 Å². The van der Waals surface area contributed by atoms with E-state index in [1.54, 1.807) is 0 Å². The van der Waals surface area contributed by atoms with Gasteiger partial charge in [-0.2, -0.15) is 0 Å². The summed E-state index contributed by atoms with van der Waals surface area (Å²) in [6.45, 7) is 0. The van der Waals surface area contributed by atoms with Crippen LogP contribution in [0, 0.1) is 0 Å². The van der Waals surface area contributed by atoms with Crippen LogP contribution in [0.2, 0.25) is 0 Å². The van der Waals surface area contributed by atoms with Gasteiger partial charge in [-0.05, 0) is 202 Å². The predicted octanol–water partition coefficient (Wildman–Crippen LogP) is 30.4. The fourth-order valence-electron chi connectivity index (χ4n) is 18.6. The highest BCUT2D eigenvalue weighted by molar-refractivity contribution is 7.26. The number of benzene rings is 18. The first-order valence-electron chi connectivity index (χ1n) is 39.2. The maximum absolute atomic E-state index is 2.43. The van der Waals surface area contributed by atoms with Gasteiger partial charge in [-0.25, -0.2) is 0 Å². The predicted molar refractivity (Wildman–Crippen MR) is 484 cm³/mol. The van der Waals surface area contributed by atoms with Crippen LogP contribution in [-0.4, -0.2) is 0 Å². The lowest BCUT2D eigenvalue weighted by atomic mass is 9.66. The summed E-state index contributed by atoms with van der Waals surface area (Å²) in [4.78, 5) is 4.72. The van der Waals surface area contributed by atoms with Crippen molar-refractivity contribution >= 4 is 97.1 Å². The van der Waals surface area contributed by atoms with Crippen LogP contribution in [0.5, 0.6) is 0 Å². The lowest BCUT2D eigenvalue weighted by molar-refractivity contribution is 0.777. The lowest BCUT2D eigenvalue weighted by Crippen LogP contribution is -2.28. The highest BCUT2D eigenvalue weighted by atomic mass is 32.1. The third-order valence-corrected chi connectivity index (χ3v) is 25.9. The van der Waals surface area contributed by atoms with Crippen LogP contribution in [0.3, 0.4) is 0 Å². The van der Waals surface area contributed by atoms with E-state index in [1.165, 1.54) is 152 Å². The zero-order valence-electron chi connectivity index (χ0n) is 62.4. The average molecular weight is 1490 g/mol. The van der Waals surface area contributed by atoms with Crippen LogP contribution in [0.15, 0.2) is 449 Å². The van der Waals surface area contributed by atoms with Gasteiger partial charge >= 0.3 is 0 Å². The highest BCUT2D eigenvalue weighted by Gasteiger charge is 2.49. The summed E-state index contributed by atoms with van der Waals surface area (Å²) in [6, 6.07) is 165. The zero-order valence-corrected chi connectivity index (χ0v) is 64.1. The molecule has 0 fully saturated rings. The van der Waals surface area contributed by atoms with Crippen molar-refractivity contribution in [3.05, 3.63) is 493 Å². The monoisotopic (exact) mass is 1490 g/mol. The van der Waals surface area contributed by atoms with E-state index in [-0.39, 0.29) is 0 Å². The normalized spacial score (nSPS) is 12.7. The molecule has 2 aliphatic rings. The summed E-state index contributed by atoms with van der Waals surface area (Å²) in [7, 11) is 0. The number of hydrogen-bond donors (Lipinski definition) is 0. The van der Waals surface area contributed by atoms with E-state index < -0.39 is 10.8 Å². The molecule has 536 valence electrons. The molecule has 0 bridgehead atoms. The van der Waals surface area contributed by atoms with Crippen molar-refractivity contribution in [2.24, 2.45) is 0 Å². The van der Waals surface area contributed by atoms with E-state index in [2.05, 4.69) is 459 Å². The van der Waals surface area contributed by atoms with Gasteiger partial charge in [-0.3, -0.25) is 0 Å². The van der Waals surface area contributed by atoms with Gasteiger partial charge in [0.25, 0.3) is 0 Å². The molecule has 22 rings (SSSR count). The number of rotatable bonds is 14. The standard InChI is InChI=1S/2C55H37NS/c1-4-17-38(18-5-1)39-33-35-43(36-34-39)56(42-22-8-3-9-23-42)44-24-14-19-40(37-44)45-27-15-28-48-49-29-16-32-52(54(49)57-53(45)48)55(41-20-6-2-7-21-41)50-30-12-10-25-46(50)47-26-11-13-31-51(47)55;1-4-16-38(17-5-1)39-30-33-44(34-31-39)56(43-21-8-3-9-22-43)45-23-14-18-40(36-45)41-32-35-52-48(37-41)54-51(28-15-29-53(54)57-52)55(42-19-6-2-7-20-42)49-26-12-10-24-46(49)47-25-11-13-27-50(47)55/h2*1-37H. The number of nitrogens with zero attached hydrogens (tertiary/aromatic N) is 2. The van der Waals surface area contributed by atoms with Crippen LogP contribution in [0.4, 0.5) is 34.1 Å². The third-order valence-electron chi connectivity index (χ3n) is 23.5. The number of para-hydroxylation sites is 2. The van der Waals surface area contributed by atoms with Crippen LogP contribution >= 0.6 is 22.7 Å².